The molecule has 6 heteroatoms. The van der Waals surface area contributed by atoms with Crippen LogP contribution in [0.3, 0.4) is 0 Å². The highest BCUT2D eigenvalue weighted by molar-refractivity contribution is 5.37. The highest BCUT2D eigenvalue weighted by Gasteiger charge is 2.07. The largest absolute Gasteiger partial charge is 0.436 e. The lowest BCUT2D eigenvalue weighted by Crippen LogP contribution is -1.93. The Kier molecular flexibility index (Phi) is 2.92. The van der Waals surface area contributed by atoms with Crippen molar-refractivity contribution in [2.75, 3.05) is 0 Å². The molecule has 4 nitrogen and oxygen atoms in total. The predicted octanol–water partition coefficient (Wildman–Crippen LogP) is 2.42. The normalized spacial score (nSPS) is 9.71. The lowest BCUT2D eigenvalue weighted by molar-refractivity contribution is 0.419. The van der Waals surface area contributed by atoms with Crippen LogP contribution in [0.1, 0.15) is 5.56 Å². The molecular weight excluding hydrogens is 228 g/mol. The monoisotopic (exact) mass is 233 g/mol. The Hall–Kier alpha value is -2.55. The Morgan fingerprint density at radius 3 is 2.65 bits per heavy atom. The number of hydrogen-bond donors (Lipinski definition) is 0. The molecule has 0 aliphatic heterocycles. The van der Waals surface area contributed by atoms with Gasteiger partial charge in [0.2, 0.25) is 11.8 Å². The molecule has 0 fully saturated rings. The first-order valence-corrected chi connectivity index (χ1v) is 4.54. The van der Waals surface area contributed by atoms with E-state index in [4.69, 9.17) is 10.00 Å². The molecule has 0 spiro atoms. The number of benzene rings is 1. The van der Waals surface area contributed by atoms with Gasteiger partial charge in [-0.3, -0.25) is 0 Å². The molecule has 0 saturated carbocycles. The molecule has 0 amide bonds. The van der Waals surface area contributed by atoms with Gasteiger partial charge >= 0.3 is 0 Å². The Bertz CT molecular complexity index is 596. The molecule has 0 unspecified atom stereocenters. The van der Waals surface area contributed by atoms with Gasteiger partial charge in [0.1, 0.15) is 6.33 Å². The third-order valence-corrected chi connectivity index (χ3v) is 1.88. The van der Waals surface area contributed by atoms with Gasteiger partial charge in [0.15, 0.2) is 11.6 Å². The number of nitrogens with zero attached hydrogens (tertiary/aromatic N) is 3. The van der Waals surface area contributed by atoms with Crippen LogP contribution in [0, 0.1) is 23.1 Å². The number of rotatable bonds is 2. The van der Waals surface area contributed by atoms with E-state index in [2.05, 4.69) is 9.97 Å². The average molecular weight is 233 g/mol. The average Bonchev–Trinajstić information content (AvgIpc) is 2.32. The van der Waals surface area contributed by atoms with Gasteiger partial charge in [0.05, 0.1) is 17.7 Å². The molecule has 0 aliphatic rings. The van der Waals surface area contributed by atoms with Crippen molar-refractivity contribution in [1.82, 2.24) is 9.97 Å². The summed E-state index contributed by atoms with van der Waals surface area (Å²) in [6.07, 6.45) is 0.965. The lowest BCUT2D eigenvalue weighted by atomic mass is 10.2. The number of halogens is 2. The van der Waals surface area contributed by atoms with E-state index >= 15 is 0 Å². The van der Waals surface area contributed by atoms with Gasteiger partial charge in [-0.05, 0) is 18.2 Å². The maximum absolute atomic E-state index is 13.4. The summed E-state index contributed by atoms with van der Waals surface area (Å²) >= 11 is 0. The van der Waals surface area contributed by atoms with E-state index in [9.17, 15) is 8.78 Å². The number of ether oxygens (including phenoxy) is 1. The van der Waals surface area contributed by atoms with E-state index in [0.717, 1.165) is 18.5 Å². The number of nitriles is 1. The Morgan fingerprint density at radius 2 is 2.00 bits per heavy atom. The Balaban J connectivity index is 2.28. The molecule has 0 saturated heterocycles. The first-order valence-electron chi connectivity index (χ1n) is 4.54. The Labute approximate surface area is 95.1 Å². The highest BCUT2D eigenvalue weighted by Crippen LogP contribution is 2.23. The predicted molar refractivity (Wildman–Crippen MR) is 53.2 cm³/mol. The summed E-state index contributed by atoms with van der Waals surface area (Å²) in [5.74, 6) is -1.74. The minimum atomic E-state index is -0.774. The second-order valence-electron chi connectivity index (χ2n) is 3.04. The third kappa shape index (κ3) is 2.52. The van der Waals surface area contributed by atoms with Gasteiger partial charge < -0.3 is 4.74 Å². The van der Waals surface area contributed by atoms with E-state index in [1.54, 1.807) is 6.07 Å². The first kappa shape index (κ1) is 11.0. The van der Waals surface area contributed by atoms with Crippen molar-refractivity contribution in [3.8, 4) is 17.7 Å². The van der Waals surface area contributed by atoms with Crippen LogP contribution < -0.4 is 4.74 Å². The van der Waals surface area contributed by atoms with Crippen molar-refractivity contribution in [1.29, 1.82) is 5.26 Å². The molecule has 2 aromatic rings. The molecule has 0 atom stereocenters. The molecule has 0 radical (unpaired) electrons. The molecule has 1 aromatic carbocycles. The smallest absolute Gasteiger partial charge is 0.225 e. The van der Waals surface area contributed by atoms with Crippen molar-refractivity contribution >= 4 is 0 Å². The molecule has 0 bridgehead atoms. The fraction of sp³-hybridized carbons (Fsp3) is 0. The van der Waals surface area contributed by atoms with Crippen molar-refractivity contribution < 1.29 is 13.5 Å². The Morgan fingerprint density at radius 1 is 1.18 bits per heavy atom. The zero-order valence-corrected chi connectivity index (χ0v) is 8.39. The zero-order chi connectivity index (χ0) is 12.3. The molecule has 1 aromatic heterocycles. The van der Waals surface area contributed by atoms with Crippen LogP contribution in [-0.4, -0.2) is 9.97 Å². The SMILES string of the molecule is N#Cc1ccc(Oc2cc(F)ncn2)c(F)c1. The molecule has 0 N–H and O–H groups in total. The van der Waals surface area contributed by atoms with Gasteiger partial charge in [0.25, 0.3) is 0 Å². The molecular formula is C11H5F2N3O. The topological polar surface area (TPSA) is 58.8 Å². The molecule has 84 valence electrons. The van der Waals surface area contributed by atoms with Crippen LogP contribution in [-0.2, 0) is 0 Å². The number of aromatic nitrogens is 2. The third-order valence-electron chi connectivity index (χ3n) is 1.88. The van der Waals surface area contributed by atoms with Crippen molar-refractivity contribution in [2.24, 2.45) is 0 Å². The summed E-state index contributed by atoms with van der Waals surface area (Å²) in [6, 6.07) is 6.39. The molecule has 17 heavy (non-hydrogen) atoms. The standard InChI is InChI=1S/C11H5F2N3O/c12-8-3-7(5-14)1-2-9(8)17-11-4-10(13)15-6-16-11/h1-4,6H. The quantitative estimate of drug-likeness (QED) is 0.747. The maximum Gasteiger partial charge on any atom is 0.225 e. The second-order valence-corrected chi connectivity index (χ2v) is 3.04. The van der Waals surface area contributed by atoms with E-state index in [-0.39, 0.29) is 17.2 Å². The van der Waals surface area contributed by atoms with E-state index in [1.165, 1.54) is 12.1 Å². The summed E-state index contributed by atoms with van der Waals surface area (Å²) < 4.78 is 31.1. The van der Waals surface area contributed by atoms with E-state index in [0.29, 0.717) is 0 Å². The first-order chi connectivity index (χ1) is 8.19. The minimum Gasteiger partial charge on any atom is -0.436 e. The fourth-order valence-corrected chi connectivity index (χ4v) is 1.14. The zero-order valence-electron chi connectivity index (χ0n) is 8.39. The van der Waals surface area contributed by atoms with E-state index in [1.807, 2.05) is 0 Å². The van der Waals surface area contributed by atoms with Gasteiger partial charge in [-0.2, -0.15) is 9.65 Å². The van der Waals surface area contributed by atoms with Crippen LogP contribution >= 0.6 is 0 Å². The summed E-state index contributed by atoms with van der Waals surface area (Å²) in [5, 5.41) is 8.55. The van der Waals surface area contributed by atoms with Crippen LogP contribution in [0.25, 0.3) is 0 Å². The van der Waals surface area contributed by atoms with Gasteiger partial charge in [0, 0.05) is 0 Å². The van der Waals surface area contributed by atoms with E-state index < -0.39 is 11.8 Å². The summed E-state index contributed by atoms with van der Waals surface area (Å²) in [5.41, 5.74) is 0.170. The van der Waals surface area contributed by atoms with Crippen LogP contribution in [0.4, 0.5) is 8.78 Å². The number of hydrogen-bond acceptors (Lipinski definition) is 4. The summed E-state index contributed by atoms with van der Waals surface area (Å²) in [6.45, 7) is 0. The van der Waals surface area contributed by atoms with Crippen molar-refractivity contribution in [3.63, 3.8) is 0 Å². The molecule has 0 aliphatic carbocycles. The summed E-state index contributed by atoms with van der Waals surface area (Å²) in [4.78, 5) is 6.85. The summed E-state index contributed by atoms with van der Waals surface area (Å²) in [7, 11) is 0. The van der Waals surface area contributed by atoms with Gasteiger partial charge in [-0.1, -0.05) is 0 Å². The van der Waals surface area contributed by atoms with Gasteiger partial charge in [-0.15, -0.1) is 0 Å². The molecule has 2 rings (SSSR count). The molecule has 1 heterocycles. The highest BCUT2D eigenvalue weighted by atomic mass is 19.1. The van der Waals surface area contributed by atoms with Crippen molar-refractivity contribution in [2.45, 2.75) is 0 Å². The second kappa shape index (κ2) is 4.53. The maximum atomic E-state index is 13.4. The fourth-order valence-electron chi connectivity index (χ4n) is 1.14. The van der Waals surface area contributed by atoms with Crippen LogP contribution in [0.5, 0.6) is 11.6 Å². The van der Waals surface area contributed by atoms with Gasteiger partial charge in [-0.25, -0.2) is 14.4 Å². The lowest BCUT2D eigenvalue weighted by Gasteiger charge is -2.05. The van der Waals surface area contributed by atoms with Crippen LogP contribution in [0.15, 0.2) is 30.6 Å². The van der Waals surface area contributed by atoms with Crippen LogP contribution in [0.2, 0.25) is 0 Å². The minimum absolute atomic E-state index is 0.110. The van der Waals surface area contributed by atoms with Crippen molar-refractivity contribution in [3.05, 3.63) is 47.9 Å².